The van der Waals surface area contributed by atoms with Gasteiger partial charge < -0.3 is 9.05 Å². The molecule has 0 aromatic carbocycles. The fourth-order valence-corrected chi connectivity index (χ4v) is 3.45. The van der Waals surface area contributed by atoms with Crippen molar-refractivity contribution in [2.24, 2.45) is 0 Å². The second-order valence-corrected chi connectivity index (χ2v) is 13.1. The molecule has 1 unspecified atom stereocenters. The lowest BCUT2D eigenvalue weighted by Crippen LogP contribution is -2.19. The van der Waals surface area contributed by atoms with Crippen LogP contribution in [0.5, 0.6) is 0 Å². The van der Waals surface area contributed by atoms with Crippen LogP contribution in [-0.4, -0.2) is 28.0 Å². The molecule has 0 N–H and O–H groups in total. The number of rotatable bonds is 9. The summed E-state index contributed by atoms with van der Waals surface area (Å²) in [5, 5.41) is 0. The molecule has 0 spiro atoms. The quantitative estimate of drug-likeness (QED) is 0.353. The Kier molecular flexibility index (Phi) is 7.82. The fraction of sp³-hybridized carbons (Fsp3) is 1.00. The predicted octanol–water partition coefficient (Wildman–Crippen LogP) is 4.37. The van der Waals surface area contributed by atoms with Gasteiger partial charge in [0.15, 0.2) is 0 Å². The van der Waals surface area contributed by atoms with Crippen LogP contribution in [-0.2, 0) is 13.6 Å². The van der Waals surface area contributed by atoms with Crippen LogP contribution >= 0.6 is 7.60 Å². The molecule has 3 nitrogen and oxygen atoms in total. The van der Waals surface area contributed by atoms with Gasteiger partial charge in [-0.1, -0.05) is 39.0 Å². The van der Waals surface area contributed by atoms with Crippen LogP contribution in [0, 0.1) is 0 Å². The Labute approximate surface area is 101 Å². The third-order valence-electron chi connectivity index (χ3n) is 2.22. The summed E-state index contributed by atoms with van der Waals surface area (Å²) in [6.07, 6.45) is 2.98. The van der Waals surface area contributed by atoms with Gasteiger partial charge in [0.2, 0.25) is 0 Å². The van der Waals surface area contributed by atoms with Gasteiger partial charge in [-0.2, -0.15) is 0 Å². The largest absolute Gasteiger partial charge is 0.327 e. The van der Waals surface area contributed by atoms with Crippen molar-refractivity contribution in [2.45, 2.75) is 51.9 Å². The van der Waals surface area contributed by atoms with Crippen LogP contribution in [0.4, 0.5) is 0 Å². The van der Waals surface area contributed by atoms with Gasteiger partial charge in [0.25, 0.3) is 0 Å². The van der Waals surface area contributed by atoms with Crippen molar-refractivity contribution in [3.8, 4) is 0 Å². The molecule has 0 amide bonds. The van der Waals surface area contributed by atoms with E-state index < -0.39 is 15.7 Å². The average molecular weight is 266 g/mol. The minimum absolute atomic E-state index is 0.540. The molecular weight excluding hydrogens is 239 g/mol. The summed E-state index contributed by atoms with van der Waals surface area (Å²) in [4.78, 5) is 0. The molecule has 0 bridgehead atoms. The van der Waals surface area contributed by atoms with Crippen molar-refractivity contribution < 1.29 is 13.6 Å². The Morgan fingerprint density at radius 1 is 1.06 bits per heavy atom. The standard InChI is InChI=1S/C11H27O3PSi/c1-6-7-9-13-15(2,12)14-10-8-11-16(3,4)5/h6-11H2,1-5H3. The van der Waals surface area contributed by atoms with Crippen molar-refractivity contribution in [1.82, 2.24) is 0 Å². The lowest BCUT2D eigenvalue weighted by molar-refractivity contribution is 0.206. The highest BCUT2D eigenvalue weighted by atomic mass is 31.2. The van der Waals surface area contributed by atoms with E-state index >= 15 is 0 Å². The first-order valence-corrected chi connectivity index (χ1v) is 11.8. The highest BCUT2D eigenvalue weighted by Crippen LogP contribution is 2.44. The second kappa shape index (κ2) is 7.65. The van der Waals surface area contributed by atoms with Gasteiger partial charge >= 0.3 is 7.60 Å². The highest BCUT2D eigenvalue weighted by Gasteiger charge is 2.17. The topological polar surface area (TPSA) is 35.5 Å². The van der Waals surface area contributed by atoms with Crippen molar-refractivity contribution >= 4 is 15.7 Å². The van der Waals surface area contributed by atoms with Crippen LogP contribution in [0.1, 0.15) is 26.2 Å². The number of hydrogen-bond donors (Lipinski definition) is 0. The van der Waals surface area contributed by atoms with Gasteiger partial charge in [-0.25, -0.2) is 0 Å². The molecule has 1 atom stereocenters. The lowest BCUT2D eigenvalue weighted by Gasteiger charge is -2.17. The summed E-state index contributed by atoms with van der Waals surface area (Å²) in [6, 6.07) is 1.21. The Balaban J connectivity index is 3.62. The van der Waals surface area contributed by atoms with Crippen LogP contribution in [0.3, 0.4) is 0 Å². The normalized spacial score (nSPS) is 16.1. The van der Waals surface area contributed by atoms with Gasteiger partial charge in [0.05, 0.1) is 13.2 Å². The molecule has 0 heterocycles. The maximum absolute atomic E-state index is 11.8. The molecule has 0 radical (unpaired) electrons. The molecule has 0 saturated carbocycles. The number of hydrogen-bond acceptors (Lipinski definition) is 3. The third kappa shape index (κ3) is 10.9. The van der Waals surface area contributed by atoms with Gasteiger partial charge in [-0.15, -0.1) is 0 Å². The predicted molar refractivity (Wildman–Crippen MR) is 73.1 cm³/mol. The zero-order valence-electron chi connectivity index (χ0n) is 11.4. The average Bonchev–Trinajstić information content (AvgIpc) is 2.11. The Hall–Kier alpha value is 0.367. The summed E-state index contributed by atoms with van der Waals surface area (Å²) in [5.74, 6) is 0. The van der Waals surface area contributed by atoms with E-state index in [1.54, 1.807) is 6.66 Å². The first kappa shape index (κ1) is 16.4. The van der Waals surface area contributed by atoms with Crippen molar-refractivity contribution in [2.75, 3.05) is 19.9 Å². The maximum atomic E-state index is 11.8. The Morgan fingerprint density at radius 2 is 1.56 bits per heavy atom. The molecule has 0 aliphatic rings. The molecule has 0 aliphatic heterocycles. The third-order valence-corrected chi connectivity index (χ3v) is 5.38. The lowest BCUT2D eigenvalue weighted by atomic mass is 10.4. The van der Waals surface area contributed by atoms with E-state index in [0.29, 0.717) is 13.2 Å². The fourth-order valence-electron chi connectivity index (χ4n) is 1.24. The van der Waals surface area contributed by atoms with E-state index in [1.165, 1.54) is 6.04 Å². The van der Waals surface area contributed by atoms with E-state index in [4.69, 9.17) is 9.05 Å². The van der Waals surface area contributed by atoms with Crippen LogP contribution in [0.15, 0.2) is 0 Å². The van der Waals surface area contributed by atoms with Crippen molar-refractivity contribution in [3.05, 3.63) is 0 Å². The van der Waals surface area contributed by atoms with Crippen molar-refractivity contribution in [1.29, 1.82) is 0 Å². The zero-order valence-corrected chi connectivity index (χ0v) is 13.3. The summed E-state index contributed by atoms with van der Waals surface area (Å²) in [6.45, 7) is 11.7. The van der Waals surface area contributed by atoms with E-state index in [2.05, 4.69) is 26.6 Å². The van der Waals surface area contributed by atoms with E-state index in [-0.39, 0.29) is 0 Å². The first-order valence-electron chi connectivity index (χ1n) is 6.13. The van der Waals surface area contributed by atoms with Gasteiger partial charge in [0, 0.05) is 14.7 Å². The molecule has 5 heteroatoms. The molecule has 0 rings (SSSR count). The van der Waals surface area contributed by atoms with E-state index in [9.17, 15) is 4.57 Å². The molecular formula is C11H27O3PSi. The summed E-state index contributed by atoms with van der Waals surface area (Å²) in [7, 11) is -3.78. The molecule has 98 valence electrons. The highest BCUT2D eigenvalue weighted by molar-refractivity contribution is 7.52. The minimum atomic E-state index is -2.79. The Morgan fingerprint density at radius 3 is 2.00 bits per heavy atom. The summed E-state index contributed by atoms with van der Waals surface area (Å²) >= 11 is 0. The van der Waals surface area contributed by atoms with Gasteiger partial charge in [-0.3, -0.25) is 4.57 Å². The van der Waals surface area contributed by atoms with Crippen LogP contribution in [0.2, 0.25) is 25.7 Å². The molecule has 0 aromatic rings. The monoisotopic (exact) mass is 266 g/mol. The SMILES string of the molecule is CCCCOP(C)(=O)OCCC[Si](C)(C)C. The molecule has 0 saturated heterocycles. The van der Waals surface area contributed by atoms with Crippen LogP contribution in [0.25, 0.3) is 0 Å². The second-order valence-electron chi connectivity index (χ2n) is 5.46. The molecule has 0 aliphatic carbocycles. The first-order chi connectivity index (χ1) is 7.27. The smallest absolute Gasteiger partial charge is 0.309 e. The Bertz CT molecular complexity index is 226. The summed E-state index contributed by atoms with van der Waals surface area (Å²) in [5.41, 5.74) is 0. The minimum Gasteiger partial charge on any atom is -0.309 e. The maximum Gasteiger partial charge on any atom is 0.327 e. The molecule has 16 heavy (non-hydrogen) atoms. The van der Waals surface area contributed by atoms with Gasteiger partial charge in [-0.05, 0) is 12.8 Å². The number of unbranched alkanes of at least 4 members (excludes halogenated alkanes) is 1. The van der Waals surface area contributed by atoms with Gasteiger partial charge in [0.1, 0.15) is 0 Å². The molecule has 0 fully saturated rings. The van der Waals surface area contributed by atoms with Crippen LogP contribution < -0.4 is 0 Å². The van der Waals surface area contributed by atoms with Crippen molar-refractivity contribution in [3.63, 3.8) is 0 Å². The zero-order chi connectivity index (χ0) is 12.7. The summed E-state index contributed by atoms with van der Waals surface area (Å²) < 4.78 is 22.4. The van der Waals surface area contributed by atoms with E-state index in [1.807, 2.05) is 0 Å². The molecule has 0 aromatic heterocycles. The van der Waals surface area contributed by atoms with E-state index in [0.717, 1.165) is 19.3 Å².